The van der Waals surface area contributed by atoms with E-state index in [0.29, 0.717) is 36.7 Å². The molecule has 4 rings (SSSR count). The van der Waals surface area contributed by atoms with Gasteiger partial charge < -0.3 is 19.5 Å². The molecule has 1 atom stereocenters. The van der Waals surface area contributed by atoms with E-state index in [2.05, 4.69) is 11.4 Å². The molecule has 1 amide bonds. The fraction of sp³-hybridized carbons (Fsp3) is 0.381. The van der Waals surface area contributed by atoms with Crippen LogP contribution in [0.2, 0.25) is 0 Å². The number of carbonyl (C=O) groups is 1. The molecule has 0 spiro atoms. The molecule has 0 radical (unpaired) electrons. The number of amides is 1. The Kier molecular flexibility index (Phi) is 4.02. The van der Waals surface area contributed by atoms with Crippen LogP contribution in [-0.2, 0) is 0 Å². The summed E-state index contributed by atoms with van der Waals surface area (Å²) in [6.07, 6.45) is 0.708. The predicted octanol–water partition coefficient (Wildman–Crippen LogP) is 3.80. The molecule has 2 aliphatic heterocycles. The standard InChI is InChI=1S/C21H23NO4/c1-13-4-6-17-15(10-13)16(12-21(2,3)26-17)22-20(23)14-5-7-18-19(11-14)25-9-8-24-18/h4-7,10-11,16H,8-9,12H2,1-3H3,(H,22,23). The summed E-state index contributed by atoms with van der Waals surface area (Å²) in [5.41, 5.74) is 2.39. The van der Waals surface area contributed by atoms with Crippen molar-refractivity contribution in [2.45, 2.75) is 38.8 Å². The van der Waals surface area contributed by atoms with Gasteiger partial charge >= 0.3 is 0 Å². The number of aryl methyl sites for hydroxylation is 1. The van der Waals surface area contributed by atoms with Crippen molar-refractivity contribution in [3.8, 4) is 17.2 Å². The van der Waals surface area contributed by atoms with Crippen LogP contribution in [0.25, 0.3) is 0 Å². The van der Waals surface area contributed by atoms with Gasteiger partial charge in [-0.2, -0.15) is 0 Å². The van der Waals surface area contributed by atoms with Gasteiger partial charge in [0, 0.05) is 17.5 Å². The first-order valence-corrected chi connectivity index (χ1v) is 8.91. The van der Waals surface area contributed by atoms with E-state index >= 15 is 0 Å². The second-order valence-corrected chi connectivity index (χ2v) is 7.49. The van der Waals surface area contributed by atoms with Gasteiger partial charge in [0.15, 0.2) is 11.5 Å². The van der Waals surface area contributed by atoms with E-state index in [1.165, 1.54) is 0 Å². The number of benzene rings is 2. The Hall–Kier alpha value is -2.69. The van der Waals surface area contributed by atoms with Crippen LogP contribution in [-0.4, -0.2) is 24.7 Å². The second-order valence-electron chi connectivity index (χ2n) is 7.49. The van der Waals surface area contributed by atoms with E-state index < -0.39 is 0 Å². The molecule has 136 valence electrons. The lowest BCUT2D eigenvalue weighted by Crippen LogP contribution is -2.41. The van der Waals surface area contributed by atoms with Crippen LogP contribution in [0, 0.1) is 6.92 Å². The highest BCUT2D eigenvalue weighted by atomic mass is 16.6. The highest BCUT2D eigenvalue weighted by Crippen LogP contribution is 2.40. The summed E-state index contributed by atoms with van der Waals surface area (Å²) in [6, 6.07) is 11.3. The number of rotatable bonds is 2. The van der Waals surface area contributed by atoms with E-state index in [-0.39, 0.29) is 17.6 Å². The van der Waals surface area contributed by atoms with Crippen LogP contribution >= 0.6 is 0 Å². The predicted molar refractivity (Wildman–Crippen MR) is 98.1 cm³/mol. The Morgan fingerprint density at radius 2 is 1.77 bits per heavy atom. The molecule has 0 saturated heterocycles. The summed E-state index contributed by atoms with van der Waals surface area (Å²) < 4.78 is 17.2. The number of ether oxygens (including phenoxy) is 3. The topological polar surface area (TPSA) is 56.8 Å². The van der Waals surface area contributed by atoms with Crippen molar-refractivity contribution in [2.75, 3.05) is 13.2 Å². The molecule has 2 aromatic carbocycles. The molecular formula is C21H23NO4. The largest absolute Gasteiger partial charge is 0.487 e. The van der Waals surface area contributed by atoms with E-state index in [1.807, 2.05) is 32.9 Å². The van der Waals surface area contributed by atoms with Gasteiger partial charge in [0.05, 0.1) is 6.04 Å². The van der Waals surface area contributed by atoms with Crippen molar-refractivity contribution >= 4 is 5.91 Å². The van der Waals surface area contributed by atoms with E-state index in [9.17, 15) is 4.79 Å². The molecule has 0 saturated carbocycles. The molecule has 0 aliphatic carbocycles. The summed E-state index contributed by atoms with van der Waals surface area (Å²) in [5, 5.41) is 3.17. The molecule has 2 aromatic rings. The minimum absolute atomic E-state index is 0.102. The van der Waals surface area contributed by atoms with Crippen LogP contribution in [0.1, 0.15) is 47.8 Å². The van der Waals surface area contributed by atoms with Gasteiger partial charge in [0.25, 0.3) is 5.91 Å². The van der Waals surface area contributed by atoms with Crippen molar-refractivity contribution in [2.24, 2.45) is 0 Å². The molecule has 2 heterocycles. The normalized spacial score (nSPS) is 19.9. The molecule has 2 aliphatic rings. The maximum Gasteiger partial charge on any atom is 0.251 e. The van der Waals surface area contributed by atoms with Crippen molar-refractivity contribution < 1.29 is 19.0 Å². The molecule has 0 fully saturated rings. The molecule has 1 N–H and O–H groups in total. The third-order valence-electron chi connectivity index (χ3n) is 4.73. The zero-order valence-electron chi connectivity index (χ0n) is 15.3. The minimum Gasteiger partial charge on any atom is -0.487 e. The first kappa shape index (κ1) is 16.8. The van der Waals surface area contributed by atoms with Gasteiger partial charge in [-0.05, 0) is 45.0 Å². The summed E-state index contributed by atoms with van der Waals surface area (Å²) in [6.45, 7) is 7.16. The monoisotopic (exact) mass is 353 g/mol. The number of nitrogens with one attached hydrogen (secondary N) is 1. The number of hydrogen-bond acceptors (Lipinski definition) is 4. The fourth-order valence-electron chi connectivity index (χ4n) is 3.53. The molecule has 5 heteroatoms. The van der Waals surface area contributed by atoms with Crippen molar-refractivity contribution in [3.05, 3.63) is 53.1 Å². The SMILES string of the molecule is Cc1ccc2c(c1)C(NC(=O)c1ccc3c(c1)OCCO3)CC(C)(C)O2. The first-order valence-electron chi connectivity index (χ1n) is 8.91. The van der Waals surface area contributed by atoms with E-state index in [0.717, 1.165) is 16.9 Å². The number of carbonyl (C=O) groups excluding carboxylic acids is 1. The summed E-state index contributed by atoms with van der Waals surface area (Å²) in [4.78, 5) is 12.9. The van der Waals surface area contributed by atoms with E-state index in [1.54, 1.807) is 18.2 Å². The zero-order chi connectivity index (χ0) is 18.3. The summed E-state index contributed by atoms with van der Waals surface area (Å²) in [5.74, 6) is 2.00. The molecule has 1 unspecified atom stereocenters. The van der Waals surface area contributed by atoms with Crippen LogP contribution in [0.15, 0.2) is 36.4 Å². The lowest BCUT2D eigenvalue weighted by atomic mass is 9.88. The van der Waals surface area contributed by atoms with Gasteiger partial charge in [-0.15, -0.1) is 0 Å². The van der Waals surface area contributed by atoms with Crippen molar-refractivity contribution in [1.29, 1.82) is 0 Å². The number of hydrogen-bond donors (Lipinski definition) is 1. The maximum absolute atomic E-state index is 12.9. The smallest absolute Gasteiger partial charge is 0.251 e. The lowest BCUT2D eigenvalue weighted by Gasteiger charge is -2.38. The van der Waals surface area contributed by atoms with Crippen LogP contribution in [0.3, 0.4) is 0 Å². The van der Waals surface area contributed by atoms with Crippen molar-refractivity contribution in [1.82, 2.24) is 5.32 Å². The highest BCUT2D eigenvalue weighted by molar-refractivity contribution is 5.95. The average Bonchev–Trinajstić information content (AvgIpc) is 2.61. The van der Waals surface area contributed by atoms with Gasteiger partial charge in [-0.3, -0.25) is 4.79 Å². The second kappa shape index (κ2) is 6.24. The Balaban J connectivity index is 1.60. The average molecular weight is 353 g/mol. The summed E-state index contributed by atoms with van der Waals surface area (Å²) in [7, 11) is 0. The quantitative estimate of drug-likeness (QED) is 0.892. The maximum atomic E-state index is 12.9. The Bertz CT molecular complexity index is 859. The molecule has 0 bridgehead atoms. The fourth-order valence-corrected chi connectivity index (χ4v) is 3.53. The highest BCUT2D eigenvalue weighted by Gasteiger charge is 2.34. The Morgan fingerprint density at radius 1 is 1.04 bits per heavy atom. The molecule has 26 heavy (non-hydrogen) atoms. The first-order chi connectivity index (χ1) is 12.4. The van der Waals surface area contributed by atoms with Crippen LogP contribution in [0.4, 0.5) is 0 Å². The minimum atomic E-state index is -0.340. The van der Waals surface area contributed by atoms with Gasteiger partial charge in [-0.1, -0.05) is 17.7 Å². The summed E-state index contributed by atoms with van der Waals surface area (Å²) >= 11 is 0. The Labute approximate surface area is 153 Å². The van der Waals surface area contributed by atoms with Gasteiger partial charge in [0.2, 0.25) is 0 Å². The zero-order valence-corrected chi connectivity index (χ0v) is 15.3. The molecule has 5 nitrogen and oxygen atoms in total. The van der Waals surface area contributed by atoms with Crippen molar-refractivity contribution in [3.63, 3.8) is 0 Å². The Morgan fingerprint density at radius 3 is 2.58 bits per heavy atom. The van der Waals surface area contributed by atoms with Gasteiger partial charge in [-0.25, -0.2) is 0 Å². The third kappa shape index (κ3) is 3.21. The van der Waals surface area contributed by atoms with E-state index in [4.69, 9.17) is 14.2 Å². The lowest BCUT2D eigenvalue weighted by molar-refractivity contribution is 0.0619. The van der Waals surface area contributed by atoms with Crippen LogP contribution < -0.4 is 19.5 Å². The van der Waals surface area contributed by atoms with Gasteiger partial charge in [0.1, 0.15) is 24.6 Å². The van der Waals surface area contributed by atoms with Crippen LogP contribution in [0.5, 0.6) is 17.2 Å². The molecule has 0 aromatic heterocycles. The molecular weight excluding hydrogens is 330 g/mol. The third-order valence-corrected chi connectivity index (χ3v) is 4.73. The number of fused-ring (bicyclic) bond motifs is 2.